The standard InChI is InChI=1S/C16H21N3O/c1-4-20-16-10-12(17)9-14(11-16)18-13-5-7-15(8-6-13)19(2)3/h5-11,18H,4,17H2,1-3H3. The van der Waals surface area contributed by atoms with Gasteiger partial charge in [0.05, 0.1) is 6.61 Å². The zero-order chi connectivity index (χ0) is 14.5. The van der Waals surface area contributed by atoms with Crippen LogP contribution in [0.4, 0.5) is 22.7 Å². The van der Waals surface area contributed by atoms with Crippen LogP contribution in [0.15, 0.2) is 42.5 Å². The summed E-state index contributed by atoms with van der Waals surface area (Å²) in [6.07, 6.45) is 0. The lowest BCUT2D eigenvalue weighted by Gasteiger charge is -2.14. The van der Waals surface area contributed by atoms with Gasteiger partial charge < -0.3 is 20.7 Å². The highest BCUT2D eigenvalue weighted by molar-refractivity contribution is 5.67. The zero-order valence-electron chi connectivity index (χ0n) is 12.2. The van der Waals surface area contributed by atoms with Gasteiger partial charge in [-0.1, -0.05) is 0 Å². The van der Waals surface area contributed by atoms with E-state index in [-0.39, 0.29) is 0 Å². The Bertz CT molecular complexity index is 564. The summed E-state index contributed by atoms with van der Waals surface area (Å²) in [7, 11) is 4.05. The summed E-state index contributed by atoms with van der Waals surface area (Å²) >= 11 is 0. The normalized spacial score (nSPS) is 10.2. The molecule has 0 aliphatic rings. The van der Waals surface area contributed by atoms with Crippen LogP contribution in [-0.4, -0.2) is 20.7 Å². The van der Waals surface area contributed by atoms with Crippen molar-refractivity contribution in [1.82, 2.24) is 0 Å². The first-order valence-corrected chi connectivity index (χ1v) is 6.66. The Labute approximate surface area is 120 Å². The van der Waals surface area contributed by atoms with Crippen molar-refractivity contribution in [2.24, 2.45) is 0 Å². The monoisotopic (exact) mass is 271 g/mol. The summed E-state index contributed by atoms with van der Waals surface area (Å²) < 4.78 is 5.49. The van der Waals surface area contributed by atoms with Crippen LogP contribution in [-0.2, 0) is 0 Å². The Morgan fingerprint density at radius 3 is 2.35 bits per heavy atom. The second-order valence-electron chi connectivity index (χ2n) is 4.79. The van der Waals surface area contributed by atoms with E-state index in [1.54, 1.807) is 0 Å². The Kier molecular flexibility index (Phi) is 4.35. The van der Waals surface area contributed by atoms with Crippen molar-refractivity contribution in [3.8, 4) is 5.75 Å². The van der Waals surface area contributed by atoms with Crippen LogP contribution in [0.1, 0.15) is 6.92 Å². The van der Waals surface area contributed by atoms with Gasteiger partial charge in [0.2, 0.25) is 0 Å². The molecule has 0 fully saturated rings. The van der Waals surface area contributed by atoms with E-state index in [4.69, 9.17) is 10.5 Å². The predicted octanol–water partition coefficient (Wildman–Crippen LogP) is 3.48. The van der Waals surface area contributed by atoms with Crippen LogP contribution in [0.25, 0.3) is 0 Å². The summed E-state index contributed by atoms with van der Waals surface area (Å²) in [4.78, 5) is 2.07. The quantitative estimate of drug-likeness (QED) is 0.817. The summed E-state index contributed by atoms with van der Waals surface area (Å²) in [5.74, 6) is 0.778. The first-order chi connectivity index (χ1) is 9.58. The average molecular weight is 271 g/mol. The molecule has 0 atom stereocenters. The molecule has 3 N–H and O–H groups in total. The molecule has 0 spiro atoms. The molecular formula is C16H21N3O. The van der Waals surface area contributed by atoms with Crippen LogP contribution >= 0.6 is 0 Å². The number of nitrogens with two attached hydrogens (primary N) is 1. The lowest BCUT2D eigenvalue weighted by atomic mass is 10.2. The highest BCUT2D eigenvalue weighted by Gasteiger charge is 2.01. The van der Waals surface area contributed by atoms with E-state index in [1.165, 1.54) is 0 Å². The van der Waals surface area contributed by atoms with Crippen LogP contribution in [0.5, 0.6) is 5.75 Å². The van der Waals surface area contributed by atoms with E-state index in [0.717, 1.165) is 22.8 Å². The average Bonchev–Trinajstić information content (AvgIpc) is 2.39. The van der Waals surface area contributed by atoms with Crippen LogP contribution in [0.2, 0.25) is 0 Å². The Morgan fingerprint density at radius 2 is 1.75 bits per heavy atom. The van der Waals surface area contributed by atoms with E-state index >= 15 is 0 Å². The van der Waals surface area contributed by atoms with Gasteiger partial charge in [0.1, 0.15) is 5.75 Å². The molecule has 0 radical (unpaired) electrons. The maximum absolute atomic E-state index is 5.88. The Morgan fingerprint density at radius 1 is 1.05 bits per heavy atom. The van der Waals surface area contributed by atoms with Gasteiger partial charge in [-0.3, -0.25) is 0 Å². The SMILES string of the molecule is CCOc1cc(N)cc(Nc2ccc(N(C)C)cc2)c1. The van der Waals surface area contributed by atoms with E-state index < -0.39 is 0 Å². The molecule has 4 nitrogen and oxygen atoms in total. The Balaban J connectivity index is 2.16. The molecule has 0 unspecified atom stereocenters. The fourth-order valence-electron chi connectivity index (χ4n) is 1.95. The van der Waals surface area contributed by atoms with Crippen LogP contribution < -0.4 is 20.7 Å². The minimum atomic E-state index is 0.625. The summed E-state index contributed by atoms with van der Waals surface area (Å²) in [6, 6.07) is 13.9. The molecule has 2 aromatic rings. The van der Waals surface area contributed by atoms with Crippen molar-refractivity contribution in [3.05, 3.63) is 42.5 Å². The fourth-order valence-corrected chi connectivity index (χ4v) is 1.95. The smallest absolute Gasteiger partial charge is 0.123 e. The van der Waals surface area contributed by atoms with Gasteiger partial charge in [-0.15, -0.1) is 0 Å². The minimum absolute atomic E-state index is 0.625. The summed E-state index contributed by atoms with van der Waals surface area (Å²) in [6.45, 7) is 2.58. The number of nitrogens with zero attached hydrogens (tertiary/aromatic N) is 1. The third kappa shape index (κ3) is 3.57. The molecule has 0 heterocycles. The van der Waals surface area contributed by atoms with Gasteiger partial charge in [0.15, 0.2) is 0 Å². The number of nitrogen functional groups attached to an aromatic ring is 1. The Hall–Kier alpha value is -2.36. The van der Waals surface area contributed by atoms with Gasteiger partial charge in [-0.05, 0) is 37.3 Å². The van der Waals surface area contributed by atoms with E-state index in [9.17, 15) is 0 Å². The highest BCUT2D eigenvalue weighted by atomic mass is 16.5. The lowest BCUT2D eigenvalue weighted by molar-refractivity contribution is 0.340. The predicted molar refractivity (Wildman–Crippen MR) is 86.1 cm³/mol. The van der Waals surface area contributed by atoms with Crippen molar-refractivity contribution in [3.63, 3.8) is 0 Å². The van der Waals surface area contributed by atoms with E-state index in [1.807, 2.05) is 51.4 Å². The van der Waals surface area contributed by atoms with Crippen LogP contribution in [0.3, 0.4) is 0 Å². The number of hydrogen-bond donors (Lipinski definition) is 2. The first kappa shape index (κ1) is 14.1. The first-order valence-electron chi connectivity index (χ1n) is 6.66. The van der Waals surface area contributed by atoms with Crippen molar-refractivity contribution in [2.75, 3.05) is 36.7 Å². The van der Waals surface area contributed by atoms with E-state index in [0.29, 0.717) is 12.3 Å². The molecule has 0 saturated carbocycles. The number of hydrogen-bond acceptors (Lipinski definition) is 4. The molecule has 0 aliphatic carbocycles. The topological polar surface area (TPSA) is 50.5 Å². The number of ether oxygens (including phenoxy) is 1. The third-order valence-electron chi connectivity index (χ3n) is 2.91. The molecule has 4 heteroatoms. The third-order valence-corrected chi connectivity index (χ3v) is 2.91. The van der Waals surface area contributed by atoms with Gasteiger partial charge in [-0.25, -0.2) is 0 Å². The number of benzene rings is 2. The second kappa shape index (κ2) is 6.19. The molecule has 0 aliphatic heterocycles. The van der Waals surface area contributed by atoms with Crippen molar-refractivity contribution in [1.29, 1.82) is 0 Å². The van der Waals surface area contributed by atoms with Gasteiger partial charge in [0.25, 0.3) is 0 Å². The molecule has 0 aromatic heterocycles. The summed E-state index contributed by atoms with van der Waals surface area (Å²) in [5.41, 5.74) is 9.67. The van der Waals surface area contributed by atoms with Gasteiger partial charge >= 0.3 is 0 Å². The molecular weight excluding hydrogens is 250 g/mol. The zero-order valence-corrected chi connectivity index (χ0v) is 12.2. The molecule has 20 heavy (non-hydrogen) atoms. The van der Waals surface area contributed by atoms with Gasteiger partial charge in [-0.2, -0.15) is 0 Å². The van der Waals surface area contributed by atoms with Crippen molar-refractivity contribution in [2.45, 2.75) is 6.92 Å². The number of rotatable bonds is 5. The number of anilines is 4. The van der Waals surface area contributed by atoms with Gasteiger partial charge in [0, 0.05) is 49.0 Å². The maximum atomic E-state index is 5.88. The second-order valence-corrected chi connectivity index (χ2v) is 4.79. The molecule has 0 amide bonds. The number of nitrogens with one attached hydrogen (secondary N) is 1. The van der Waals surface area contributed by atoms with Crippen molar-refractivity contribution >= 4 is 22.7 Å². The minimum Gasteiger partial charge on any atom is -0.494 e. The molecule has 2 aromatic carbocycles. The van der Waals surface area contributed by atoms with Crippen LogP contribution in [0, 0.1) is 0 Å². The fraction of sp³-hybridized carbons (Fsp3) is 0.250. The molecule has 0 saturated heterocycles. The molecule has 106 valence electrons. The van der Waals surface area contributed by atoms with Crippen molar-refractivity contribution < 1.29 is 4.74 Å². The lowest BCUT2D eigenvalue weighted by Crippen LogP contribution is -2.08. The largest absolute Gasteiger partial charge is 0.494 e. The molecule has 0 bridgehead atoms. The summed E-state index contributed by atoms with van der Waals surface area (Å²) in [5, 5.41) is 3.33. The molecule has 2 rings (SSSR count). The highest BCUT2D eigenvalue weighted by Crippen LogP contribution is 2.26. The van der Waals surface area contributed by atoms with E-state index in [2.05, 4.69) is 22.3 Å². The maximum Gasteiger partial charge on any atom is 0.123 e.